The van der Waals surface area contributed by atoms with Crippen LogP contribution in [0.5, 0.6) is 0 Å². The summed E-state index contributed by atoms with van der Waals surface area (Å²) in [7, 11) is 0. The van der Waals surface area contributed by atoms with E-state index in [0.29, 0.717) is 5.92 Å². The molecule has 5 nitrogen and oxygen atoms in total. The van der Waals surface area contributed by atoms with Crippen molar-refractivity contribution < 1.29 is 4.79 Å². The lowest BCUT2D eigenvalue weighted by molar-refractivity contribution is 0.0583. The Kier molecular flexibility index (Phi) is 4.49. The highest BCUT2D eigenvalue weighted by Crippen LogP contribution is 2.30. The molecular weight excluding hydrogens is 312 g/mol. The van der Waals surface area contributed by atoms with Gasteiger partial charge in [-0.2, -0.15) is 0 Å². The first-order valence-corrected chi connectivity index (χ1v) is 9.04. The van der Waals surface area contributed by atoms with E-state index in [0.717, 1.165) is 49.4 Å². The van der Waals surface area contributed by atoms with Crippen LogP contribution in [0.4, 0.5) is 0 Å². The largest absolute Gasteiger partial charge is 0.334 e. The molecule has 1 amide bonds. The Balaban J connectivity index is 1.52. The molecule has 3 aliphatic heterocycles. The zero-order valence-electron chi connectivity index (χ0n) is 14.6. The topological polar surface area (TPSA) is 49.3 Å². The van der Waals surface area contributed by atoms with Crippen LogP contribution < -0.4 is 0 Å². The van der Waals surface area contributed by atoms with Crippen molar-refractivity contribution in [3.05, 3.63) is 59.7 Å². The third-order valence-corrected chi connectivity index (χ3v) is 5.43. The lowest BCUT2D eigenvalue weighted by Crippen LogP contribution is -2.47. The molecule has 2 bridgehead atoms. The molecule has 5 heterocycles. The second-order valence-electron chi connectivity index (χ2n) is 7.26. The van der Waals surface area contributed by atoms with Crippen molar-refractivity contribution >= 4 is 5.91 Å². The lowest BCUT2D eigenvalue weighted by atomic mass is 9.94. The summed E-state index contributed by atoms with van der Waals surface area (Å²) in [4.78, 5) is 26.3. The number of pyridine rings is 2. The Bertz CT molecular complexity index is 748. The van der Waals surface area contributed by atoms with E-state index in [2.05, 4.69) is 25.8 Å². The molecule has 0 aromatic carbocycles. The van der Waals surface area contributed by atoms with Gasteiger partial charge in [0.2, 0.25) is 0 Å². The highest BCUT2D eigenvalue weighted by Gasteiger charge is 2.37. The van der Waals surface area contributed by atoms with Gasteiger partial charge in [0.1, 0.15) is 0 Å². The fourth-order valence-electron chi connectivity index (χ4n) is 4.12. The van der Waals surface area contributed by atoms with Gasteiger partial charge in [-0.15, -0.1) is 0 Å². The van der Waals surface area contributed by atoms with Gasteiger partial charge in [0.05, 0.1) is 11.3 Å². The average molecular weight is 336 g/mol. The number of hydrogen-bond donors (Lipinski definition) is 0. The summed E-state index contributed by atoms with van der Waals surface area (Å²) in [6, 6.07) is 8.27. The highest BCUT2D eigenvalue weighted by molar-refractivity contribution is 5.95. The lowest BCUT2D eigenvalue weighted by Gasteiger charge is -2.36. The number of aromatic nitrogens is 2. The average Bonchev–Trinajstić information content (AvgIpc) is 2.93. The highest BCUT2D eigenvalue weighted by atomic mass is 16.2. The molecule has 25 heavy (non-hydrogen) atoms. The first kappa shape index (κ1) is 16.2. The zero-order chi connectivity index (χ0) is 17.2. The van der Waals surface area contributed by atoms with Crippen molar-refractivity contribution in [2.45, 2.75) is 32.4 Å². The Hall–Kier alpha value is -2.27. The molecule has 0 aliphatic carbocycles. The normalized spacial score (nSPS) is 23.5. The minimum absolute atomic E-state index is 0.139. The van der Waals surface area contributed by atoms with E-state index in [1.165, 1.54) is 6.42 Å². The van der Waals surface area contributed by atoms with Gasteiger partial charge >= 0.3 is 0 Å². The number of carbonyl (C=O) groups excluding carboxylic acids is 1. The number of rotatable bonds is 3. The molecule has 3 fully saturated rings. The fourth-order valence-corrected chi connectivity index (χ4v) is 4.12. The van der Waals surface area contributed by atoms with Crippen LogP contribution in [0.1, 0.15) is 34.5 Å². The summed E-state index contributed by atoms with van der Waals surface area (Å²) >= 11 is 0. The number of piperidine rings is 1. The van der Waals surface area contributed by atoms with Crippen molar-refractivity contribution in [2.75, 3.05) is 19.6 Å². The quantitative estimate of drug-likeness (QED) is 0.864. The summed E-state index contributed by atoms with van der Waals surface area (Å²) in [6.07, 6.45) is 7.60. The summed E-state index contributed by atoms with van der Waals surface area (Å²) in [5.41, 5.74) is 2.85. The molecule has 2 atom stereocenters. The van der Waals surface area contributed by atoms with Crippen molar-refractivity contribution in [1.29, 1.82) is 0 Å². The van der Waals surface area contributed by atoms with Gasteiger partial charge in [0.15, 0.2) is 0 Å². The maximum Gasteiger partial charge on any atom is 0.255 e. The Labute approximate surface area is 148 Å². The molecular formula is C20H24N4O. The molecule has 0 N–H and O–H groups in total. The number of nitrogens with zero attached hydrogens (tertiary/aromatic N) is 4. The van der Waals surface area contributed by atoms with Crippen LogP contribution in [0.3, 0.4) is 0 Å². The number of hydrogen-bond acceptors (Lipinski definition) is 4. The third-order valence-electron chi connectivity index (χ3n) is 5.43. The molecule has 0 spiro atoms. The molecule has 2 aromatic heterocycles. The number of fused-ring (bicyclic) bond motifs is 4. The standard InChI is InChI=1S/C20H24N4O/c1-15-7-9-21-10-19(15)20(25)24-12-16-5-6-18(24)14-23(11-16)13-17-4-2-3-8-22-17/h2-4,7-10,16,18H,5-6,11-14H2,1H3/t16-,18+/m1/s1. The second kappa shape index (κ2) is 6.92. The van der Waals surface area contributed by atoms with Gasteiger partial charge in [-0.1, -0.05) is 6.07 Å². The predicted molar refractivity (Wildman–Crippen MR) is 96.0 cm³/mol. The molecule has 0 radical (unpaired) electrons. The van der Waals surface area contributed by atoms with Crippen LogP contribution in [0.2, 0.25) is 0 Å². The van der Waals surface area contributed by atoms with Crippen LogP contribution in [-0.2, 0) is 6.54 Å². The van der Waals surface area contributed by atoms with E-state index in [1.54, 1.807) is 12.4 Å². The van der Waals surface area contributed by atoms with Crippen molar-refractivity contribution in [2.24, 2.45) is 5.92 Å². The second-order valence-corrected chi connectivity index (χ2v) is 7.26. The van der Waals surface area contributed by atoms with E-state index in [-0.39, 0.29) is 11.9 Å². The fraction of sp³-hybridized carbons (Fsp3) is 0.450. The van der Waals surface area contributed by atoms with Crippen LogP contribution in [-0.4, -0.2) is 51.4 Å². The molecule has 2 aromatic rings. The van der Waals surface area contributed by atoms with Gasteiger partial charge in [-0.25, -0.2) is 0 Å². The van der Waals surface area contributed by atoms with Gasteiger partial charge in [-0.3, -0.25) is 19.7 Å². The SMILES string of the molecule is Cc1ccncc1C(=O)N1C[C@@H]2CC[C@H]1CN(Cc1ccccn1)C2. The van der Waals surface area contributed by atoms with Gasteiger partial charge in [-0.05, 0) is 49.4 Å². The maximum absolute atomic E-state index is 13.1. The number of carbonyl (C=O) groups is 1. The van der Waals surface area contributed by atoms with Gasteiger partial charge in [0.25, 0.3) is 5.91 Å². The first-order valence-electron chi connectivity index (χ1n) is 9.04. The molecule has 0 unspecified atom stereocenters. The van der Waals surface area contributed by atoms with E-state index < -0.39 is 0 Å². The smallest absolute Gasteiger partial charge is 0.255 e. The Morgan fingerprint density at radius 3 is 2.88 bits per heavy atom. The molecule has 5 rings (SSSR count). The first-order chi connectivity index (χ1) is 12.2. The minimum atomic E-state index is 0.139. The summed E-state index contributed by atoms with van der Waals surface area (Å²) in [5, 5.41) is 0. The summed E-state index contributed by atoms with van der Waals surface area (Å²) in [5.74, 6) is 0.684. The molecule has 130 valence electrons. The molecule has 3 saturated heterocycles. The third kappa shape index (κ3) is 3.42. The van der Waals surface area contributed by atoms with E-state index in [9.17, 15) is 4.79 Å². The molecule has 3 aliphatic rings. The van der Waals surface area contributed by atoms with E-state index in [1.807, 2.05) is 31.3 Å². The monoisotopic (exact) mass is 336 g/mol. The summed E-state index contributed by atoms with van der Waals surface area (Å²) < 4.78 is 0. The summed E-state index contributed by atoms with van der Waals surface area (Å²) in [6.45, 7) is 5.68. The van der Waals surface area contributed by atoms with Crippen LogP contribution in [0.25, 0.3) is 0 Å². The zero-order valence-corrected chi connectivity index (χ0v) is 14.6. The molecule has 0 saturated carbocycles. The van der Waals surface area contributed by atoms with Crippen molar-refractivity contribution in [3.63, 3.8) is 0 Å². The van der Waals surface area contributed by atoms with Crippen LogP contribution in [0.15, 0.2) is 42.9 Å². The van der Waals surface area contributed by atoms with Crippen LogP contribution in [0, 0.1) is 12.8 Å². The van der Waals surface area contributed by atoms with Crippen LogP contribution >= 0.6 is 0 Å². The number of amides is 1. The van der Waals surface area contributed by atoms with E-state index >= 15 is 0 Å². The van der Waals surface area contributed by atoms with Crippen molar-refractivity contribution in [3.8, 4) is 0 Å². The minimum Gasteiger partial charge on any atom is -0.334 e. The van der Waals surface area contributed by atoms with Gasteiger partial charge < -0.3 is 4.90 Å². The van der Waals surface area contributed by atoms with Gasteiger partial charge in [0, 0.05) is 50.8 Å². The predicted octanol–water partition coefficient (Wildman–Crippen LogP) is 2.52. The Morgan fingerprint density at radius 2 is 2.08 bits per heavy atom. The van der Waals surface area contributed by atoms with E-state index in [4.69, 9.17) is 0 Å². The molecule has 5 heteroatoms. The maximum atomic E-state index is 13.1. The number of aryl methyl sites for hydroxylation is 1. The Morgan fingerprint density at radius 1 is 1.16 bits per heavy atom. The van der Waals surface area contributed by atoms with Crippen molar-refractivity contribution in [1.82, 2.24) is 19.8 Å².